The van der Waals surface area contributed by atoms with Gasteiger partial charge in [-0.3, -0.25) is 14.4 Å². The predicted molar refractivity (Wildman–Crippen MR) is 108 cm³/mol. The Morgan fingerprint density at radius 1 is 1.10 bits per heavy atom. The van der Waals surface area contributed by atoms with E-state index in [2.05, 4.69) is 5.32 Å². The maximum atomic E-state index is 12.3. The predicted octanol–water partition coefficient (Wildman–Crippen LogP) is 2.86. The summed E-state index contributed by atoms with van der Waals surface area (Å²) in [6.45, 7) is 5.13. The normalized spacial score (nSPS) is 16.6. The van der Waals surface area contributed by atoms with E-state index in [0.717, 1.165) is 12.0 Å². The minimum absolute atomic E-state index is 0.0298. The van der Waals surface area contributed by atoms with Gasteiger partial charge >= 0.3 is 24.0 Å². The number of unbranched alkanes of at least 4 members (excludes halogenated alkanes) is 1. The highest BCUT2D eigenvalue weighted by molar-refractivity contribution is 5.96. The molecule has 0 spiro atoms. The largest absolute Gasteiger partial charge is 0.466 e. The van der Waals surface area contributed by atoms with Crippen LogP contribution in [0.5, 0.6) is 0 Å². The van der Waals surface area contributed by atoms with E-state index in [1.807, 2.05) is 25.1 Å². The van der Waals surface area contributed by atoms with Gasteiger partial charge in [0.2, 0.25) is 0 Å². The molecule has 0 radical (unpaired) electrons. The topological polar surface area (TPSA) is 117 Å². The highest BCUT2D eigenvalue weighted by atomic mass is 16.7. The minimum atomic E-state index is -1.36. The van der Waals surface area contributed by atoms with E-state index in [9.17, 15) is 19.2 Å². The lowest BCUT2D eigenvalue weighted by Gasteiger charge is -2.34. The van der Waals surface area contributed by atoms with Crippen LogP contribution < -0.4 is 5.32 Å². The van der Waals surface area contributed by atoms with Crippen molar-refractivity contribution in [1.82, 2.24) is 5.32 Å². The molecule has 1 N–H and O–H groups in total. The lowest BCUT2D eigenvalue weighted by Crippen LogP contribution is -2.49. The van der Waals surface area contributed by atoms with E-state index in [4.69, 9.17) is 18.9 Å². The molecule has 1 fully saturated rings. The van der Waals surface area contributed by atoms with Crippen LogP contribution in [0.2, 0.25) is 0 Å². The molecule has 0 unspecified atom stereocenters. The number of hydrogen-bond donors (Lipinski definition) is 1. The molecule has 0 aromatic heterocycles. The van der Waals surface area contributed by atoms with Crippen LogP contribution in [0.15, 0.2) is 30.3 Å². The molecule has 1 aromatic carbocycles. The van der Waals surface area contributed by atoms with Crippen molar-refractivity contribution in [3.05, 3.63) is 35.9 Å². The van der Waals surface area contributed by atoms with Crippen molar-refractivity contribution in [3.8, 4) is 0 Å². The lowest BCUT2D eigenvalue weighted by atomic mass is 9.96. The molecular formula is C22H29NO8. The van der Waals surface area contributed by atoms with Crippen molar-refractivity contribution in [2.24, 2.45) is 5.92 Å². The Morgan fingerprint density at radius 3 is 2.35 bits per heavy atom. The summed E-state index contributed by atoms with van der Waals surface area (Å²) in [5.41, 5.74) is 0.787. The van der Waals surface area contributed by atoms with Crippen molar-refractivity contribution in [2.45, 2.75) is 64.9 Å². The standard InChI is InChI=1S/C22H29NO8/c1-4-5-11-28-18(24)13-16(12-17-19(25)30-22(2,3)31-20(17)26)23-21(27)29-14-15-9-7-6-8-10-15/h6-10,16-17H,4-5,11-14H2,1-3H3,(H,23,27)/t16-/m0/s1. The average molecular weight is 435 g/mol. The summed E-state index contributed by atoms with van der Waals surface area (Å²) >= 11 is 0. The number of carbonyl (C=O) groups is 4. The number of cyclic esters (lactones) is 2. The summed E-state index contributed by atoms with van der Waals surface area (Å²) in [4.78, 5) is 48.9. The quantitative estimate of drug-likeness (QED) is 0.258. The van der Waals surface area contributed by atoms with Crippen LogP contribution in [-0.4, -0.2) is 42.4 Å². The van der Waals surface area contributed by atoms with Crippen LogP contribution in [0.4, 0.5) is 4.79 Å². The molecule has 9 nitrogen and oxygen atoms in total. The molecule has 1 aliphatic rings. The first-order valence-corrected chi connectivity index (χ1v) is 10.3. The van der Waals surface area contributed by atoms with Gasteiger partial charge in [0.1, 0.15) is 6.61 Å². The average Bonchev–Trinajstić information content (AvgIpc) is 2.69. The monoisotopic (exact) mass is 435 g/mol. The molecule has 31 heavy (non-hydrogen) atoms. The summed E-state index contributed by atoms with van der Waals surface area (Å²) in [6.07, 6.45) is 0.366. The third-order valence-corrected chi connectivity index (χ3v) is 4.49. The maximum Gasteiger partial charge on any atom is 0.407 e. The van der Waals surface area contributed by atoms with E-state index in [0.29, 0.717) is 6.42 Å². The lowest BCUT2D eigenvalue weighted by molar-refractivity contribution is -0.240. The van der Waals surface area contributed by atoms with Crippen molar-refractivity contribution in [3.63, 3.8) is 0 Å². The molecule has 1 saturated heterocycles. The summed E-state index contributed by atoms with van der Waals surface area (Å²) in [7, 11) is 0. The van der Waals surface area contributed by atoms with Gasteiger partial charge in [-0.1, -0.05) is 43.7 Å². The fraction of sp³-hybridized carbons (Fsp3) is 0.545. The first-order chi connectivity index (χ1) is 14.7. The van der Waals surface area contributed by atoms with Gasteiger partial charge in [0.05, 0.1) is 13.0 Å². The van der Waals surface area contributed by atoms with Crippen molar-refractivity contribution in [1.29, 1.82) is 0 Å². The summed E-state index contributed by atoms with van der Waals surface area (Å²) in [5, 5.41) is 2.54. The zero-order valence-electron chi connectivity index (χ0n) is 18.1. The first-order valence-electron chi connectivity index (χ1n) is 10.3. The highest BCUT2D eigenvalue weighted by Crippen LogP contribution is 2.26. The third-order valence-electron chi connectivity index (χ3n) is 4.49. The molecule has 1 atom stereocenters. The van der Waals surface area contributed by atoms with Gasteiger partial charge in [0.25, 0.3) is 5.79 Å². The molecular weight excluding hydrogens is 406 g/mol. The zero-order chi connectivity index (χ0) is 22.9. The van der Waals surface area contributed by atoms with Crippen molar-refractivity contribution >= 4 is 24.0 Å². The molecule has 1 heterocycles. The van der Waals surface area contributed by atoms with E-state index in [-0.39, 0.29) is 26.1 Å². The number of alkyl carbamates (subject to hydrolysis) is 1. The molecule has 0 bridgehead atoms. The summed E-state index contributed by atoms with van der Waals surface area (Å²) in [5.74, 6) is -4.73. The Balaban J connectivity index is 1.99. The number of hydrogen-bond acceptors (Lipinski definition) is 8. The molecule has 170 valence electrons. The van der Waals surface area contributed by atoms with Gasteiger partial charge in [0, 0.05) is 19.9 Å². The Morgan fingerprint density at radius 2 is 1.74 bits per heavy atom. The fourth-order valence-electron chi connectivity index (χ4n) is 2.94. The van der Waals surface area contributed by atoms with Crippen LogP contribution in [-0.2, 0) is 39.9 Å². The second-order valence-electron chi connectivity index (χ2n) is 7.71. The summed E-state index contributed by atoms with van der Waals surface area (Å²) < 4.78 is 20.5. The number of esters is 3. The molecule has 0 aliphatic carbocycles. The number of benzene rings is 1. The molecule has 1 aromatic rings. The smallest absolute Gasteiger partial charge is 0.407 e. The van der Waals surface area contributed by atoms with Crippen molar-refractivity contribution in [2.75, 3.05) is 6.61 Å². The number of carbonyl (C=O) groups excluding carboxylic acids is 4. The Labute approximate surface area is 181 Å². The van der Waals surface area contributed by atoms with Gasteiger partial charge in [-0.05, 0) is 18.4 Å². The van der Waals surface area contributed by atoms with E-state index < -0.39 is 41.7 Å². The summed E-state index contributed by atoms with van der Waals surface area (Å²) in [6, 6.07) is 8.18. The highest BCUT2D eigenvalue weighted by Gasteiger charge is 2.44. The van der Waals surface area contributed by atoms with Gasteiger partial charge in [-0.15, -0.1) is 0 Å². The minimum Gasteiger partial charge on any atom is -0.466 e. The SMILES string of the molecule is CCCCOC(=O)C[C@H](CC1C(=O)OC(C)(C)OC1=O)NC(=O)OCc1ccccc1. The second kappa shape index (κ2) is 11.3. The zero-order valence-corrected chi connectivity index (χ0v) is 18.1. The van der Waals surface area contributed by atoms with Gasteiger partial charge in [-0.25, -0.2) is 4.79 Å². The number of rotatable bonds is 10. The Hall–Kier alpha value is -3.10. The number of nitrogens with one attached hydrogen (secondary N) is 1. The Kier molecular flexibility index (Phi) is 8.84. The van der Waals surface area contributed by atoms with Crippen LogP contribution in [0.3, 0.4) is 0 Å². The number of amides is 1. The van der Waals surface area contributed by atoms with Crippen LogP contribution in [0.25, 0.3) is 0 Å². The van der Waals surface area contributed by atoms with Crippen LogP contribution >= 0.6 is 0 Å². The van der Waals surface area contributed by atoms with Crippen LogP contribution in [0.1, 0.15) is 52.0 Å². The molecule has 2 rings (SSSR count). The van der Waals surface area contributed by atoms with Gasteiger partial charge < -0.3 is 24.3 Å². The number of ether oxygens (including phenoxy) is 4. The molecule has 9 heteroatoms. The molecule has 0 saturated carbocycles. The fourth-order valence-corrected chi connectivity index (χ4v) is 2.94. The van der Waals surface area contributed by atoms with E-state index in [1.165, 1.54) is 13.8 Å². The van der Waals surface area contributed by atoms with Crippen molar-refractivity contribution < 1.29 is 38.1 Å². The molecule has 1 aliphatic heterocycles. The van der Waals surface area contributed by atoms with Gasteiger partial charge in [-0.2, -0.15) is 0 Å². The van der Waals surface area contributed by atoms with E-state index in [1.54, 1.807) is 12.1 Å². The molecule has 1 amide bonds. The first kappa shape index (κ1) is 24.2. The third kappa shape index (κ3) is 8.27. The second-order valence-corrected chi connectivity index (χ2v) is 7.71. The van der Waals surface area contributed by atoms with Crippen LogP contribution in [0, 0.1) is 5.92 Å². The van der Waals surface area contributed by atoms with Gasteiger partial charge in [0.15, 0.2) is 5.92 Å². The maximum absolute atomic E-state index is 12.3. The van der Waals surface area contributed by atoms with E-state index >= 15 is 0 Å². The Bertz CT molecular complexity index is 757.